The molecule has 0 aliphatic heterocycles. The second-order valence-corrected chi connectivity index (χ2v) is 6.97. The summed E-state index contributed by atoms with van der Waals surface area (Å²) in [6, 6.07) is 0.478. The molecule has 1 N–H and O–H groups in total. The number of hydrogen-bond acceptors (Lipinski definition) is 3. The van der Waals surface area contributed by atoms with Gasteiger partial charge in [0, 0.05) is 12.1 Å². The summed E-state index contributed by atoms with van der Waals surface area (Å²) in [6.07, 6.45) is -3.85. The van der Waals surface area contributed by atoms with Gasteiger partial charge in [-0.1, -0.05) is 0 Å². The molecule has 3 nitrogen and oxygen atoms in total. The highest BCUT2D eigenvalue weighted by molar-refractivity contribution is 5.86. The first kappa shape index (κ1) is 30.5. The largest absolute Gasteiger partial charge is 0.411 e. The van der Waals surface area contributed by atoms with E-state index in [9.17, 15) is 26.3 Å². The molecule has 0 spiro atoms. The minimum atomic E-state index is -4.29. The number of alkyl halides is 6. The number of rotatable bonds is 6. The molecule has 0 heterocycles. The second kappa shape index (κ2) is 13.6. The summed E-state index contributed by atoms with van der Waals surface area (Å²) in [6.45, 7) is -2.39. The van der Waals surface area contributed by atoms with Crippen molar-refractivity contribution in [1.82, 2.24) is 5.32 Å². The van der Waals surface area contributed by atoms with Crippen molar-refractivity contribution in [1.29, 1.82) is 0 Å². The number of halogens is 9. The average Bonchev–Trinajstić information content (AvgIpc) is 2.52. The highest BCUT2D eigenvalue weighted by atomic mass is 35.5. The molecular weight excluding hydrogens is 459 g/mol. The highest BCUT2D eigenvalue weighted by Crippen LogP contribution is 2.28. The molecule has 0 amide bonds. The maximum atomic E-state index is 12.1. The summed E-state index contributed by atoms with van der Waals surface area (Å²) in [5, 5.41) is 3.49. The molecule has 0 unspecified atom stereocenters. The molecule has 28 heavy (non-hydrogen) atoms. The van der Waals surface area contributed by atoms with E-state index >= 15 is 0 Å². The highest BCUT2D eigenvalue weighted by Gasteiger charge is 2.33. The van der Waals surface area contributed by atoms with E-state index in [0.717, 1.165) is 25.7 Å². The molecule has 2 aliphatic carbocycles. The number of ether oxygens (including phenoxy) is 2. The van der Waals surface area contributed by atoms with E-state index in [1.807, 2.05) is 0 Å². The Kier molecular flexibility index (Phi) is 14.8. The number of hydrogen-bond donors (Lipinski definition) is 1. The summed E-state index contributed by atoms with van der Waals surface area (Å²) in [5.74, 6) is 0. The predicted molar refractivity (Wildman–Crippen MR) is 101 cm³/mol. The zero-order valence-electron chi connectivity index (χ0n) is 15.2. The molecule has 0 aromatic carbocycles. The van der Waals surface area contributed by atoms with Crippen LogP contribution in [-0.2, 0) is 9.47 Å². The van der Waals surface area contributed by atoms with Crippen molar-refractivity contribution < 1.29 is 35.8 Å². The minimum Gasteiger partial charge on any atom is -0.369 e. The van der Waals surface area contributed by atoms with Gasteiger partial charge < -0.3 is 14.8 Å². The van der Waals surface area contributed by atoms with Crippen molar-refractivity contribution in [2.75, 3.05) is 13.2 Å². The van der Waals surface area contributed by atoms with Gasteiger partial charge in [-0.05, 0) is 51.4 Å². The van der Waals surface area contributed by atoms with Crippen molar-refractivity contribution in [2.24, 2.45) is 0 Å². The van der Waals surface area contributed by atoms with Crippen LogP contribution in [0.5, 0.6) is 0 Å². The fraction of sp³-hybridized carbons (Fsp3) is 1.00. The third-order valence-corrected chi connectivity index (χ3v) is 4.79. The fourth-order valence-electron chi connectivity index (χ4n) is 3.55. The van der Waals surface area contributed by atoms with E-state index in [1.165, 1.54) is 0 Å². The normalized spacial score (nSPS) is 28.5. The molecular formula is C16H28Cl3F6NO2. The Labute approximate surface area is 179 Å². The van der Waals surface area contributed by atoms with Gasteiger partial charge in [0.25, 0.3) is 0 Å². The Morgan fingerprint density at radius 2 is 0.857 bits per heavy atom. The number of nitrogens with one attached hydrogen (secondary N) is 1. The van der Waals surface area contributed by atoms with E-state index in [-0.39, 0.29) is 61.5 Å². The standard InChI is InChI=1S/C16H25F6NO2.3ClH/c17-15(18,19)9-24-13-5-1-11(2-6-13)23-12-3-7-14(8-4-12)25-10-16(20,21)22;;;/h11-14,23H,1-10H2;3*1H. The molecule has 172 valence electrons. The summed E-state index contributed by atoms with van der Waals surface area (Å²) >= 11 is 0. The van der Waals surface area contributed by atoms with Crippen LogP contribution < -0.4 is 5.32 Å². The Morgan fingerprint density at radius 1 is 0.571 bits per heavy atom. The SMILES string of the molecule is Cl.Cl.Cl.FC(F)(F)COC1CCC(NC2CCC(OCC(F)(F)F)CC2)CC1. The van der Waals surface area contributed by atoms with Crippen molar-refractivity contribution in [3.05, 3.63) is 0 Å². The van der Waals surface area contributed by atoms with Gasteiger partial charge in [0.2, 0.25) is 0 Å². The molecule has 12 heteroatoms. The maximum Gasteiger partial charge on any atom is 0.411 e. The van der Waals surface area contributed by atoms with E-state index in [1.54, 1.807) is 0 Å². The van der Waals surface area contributed by atoms with Crippen molar-refractivity contribution in [2.45, 2.75) is 88.0 Å². The first-order chi connectivity index (χ1) is 11.6. The van der Waals surface area contributed by atoms with Gasteiger partial charge >= 0.3 is 12.4 Å². The van der Waals surface area contributed by atoms with Crippen LogP contribution in [0, 0.1) is 0 Å². The molecule has 2 aliphatic rings. The lowest BCUT2D eigenvalue weighted by atomic mass is 9.88. The van der Waals surface area contributed by atoms with Crippen LogP contribution in [0.2, 0.25) is 0 Å². The van der Waals surface area contributed by atoms with Crippen LogP contribution >= 0.6 is 37.2 Å². The lowest BCUT2D eigenvalue weighted by Crippen LogP contribution is -2.44. The van der Waals surface area contributed by atoms with Gasteiger partial charge in [-0.15, -0.1) is 37.2 Å². The van der Waals surface area contributed by atoms with Gasteiger partial charge in [-0.3, -0.25) is 0 Å². The fourth-order valence-corrected chi connectivity index (χ4v) is 3.55. The molecule has 0 radical (unpaired) electrons. The Hall–Kier alpha value is 0.330. The summed E-state index contributed by atoms with van der Waals surface area (Å²) in [7, 11) is 0. The molecule has 0 saturated heterocycles. The van der Waals surface area contributed by atoms with Crippen LogP contribution in [0.4, 0.5) is 26.3 Å². The molecule has 0 atom stereocenters. The van der Waals surface area contributed by atoms with E-state index in [0.29, 0.717) is 25.7 Å². The first-order valence-electron chi connectivity index (χ1n) is 8.73. The lowest BCUT2D eigenvalue weighted by molar-refractivity contribution is -0.188. The van der Waals surface area contributed by atoms with Crippen LogP contribution in [0.3, 0.4) is 0 Å². The molecule has 0 bridgehead atoms. The molecule has 0 aromatic heterocycles. The van der Waals surface area contributed by atoms with Crippen molar-refractivity contribution in [3.8, 4) is 0 Å². The summed E-state index contributed by atoms with van der Waals surface area (Å²) < 4.78 is 82.6. The average molecular weight is 487 g/mol. The maximum absolute atomic E-state index is 12.1. The summed E-state index contributed by atoms with van der Waals surface area (Å²) in [4.78, 5) is 0. The zero-order chi connectivity index (χ0) is 18.5. The third kappa shape index (κ3) is 12.8. The zero-order valence-corrected chi connectivity index (χ0v) is 17.6. The van der Waals surface area contributed by atoms with Gasteiger partial charge in [0.1, 0.15) is 13.2 Å². The minimum absolute atomic E-state index is 0. The first-order valence-corrected chi connectivity index (χ1v) is 8.73. The van der Waals surface area contributed by atoms with Crippen LogP contribution in [0.1, 0.15) is 51.4 Å². The molecule has 2 saturated carbocycles. The quantitative estimate of drug-likeness (QED) is 0.494. The van der Waals surface area contributed by atoms with Crippen LogP contribution in [0.15, 0.2) is 0 Å². The monoisotopic (exact) mass is 485 g/mol. The van der Waals surface area contributed by atoms with Gasteiger partial charge in [-0.25, -0.2) is 0 Å². The van der Waals surface area contributed by atoms with Crippen LogP contribution in [0.25, 0.3) is 0 Å². The Balaban J connectivity index is 0. The Morgan fingerprint density at radius 3 is 1.11 bits per heavy atom. The Bertz CT molecular complexity index is 363. The van der Waals surface area contributed by atoms with Gasteiger partial charge in [-0.2, -0.15) is 26.3 Å². The second-order valence-electron chi connectivity index (χ2n) is 6.97. The van der Waals surface area contributed by atoms with E-state index < -0.39 is 25.6 Å². The van der Waals surface area contributed by atoms with Crippen molar-refractivity contribution >= 4 is 37.2 Å². The molecule has 2 fully saturated rings. The van der Waals surface area contributed by atoms with Gasteiger partial charge in [0.05, 0.1) is 12.2 Å². The summed E-state index contributed by atoms with van der Waals surface area (Å²) in [5.41, 5.74) is 0. The van der Waals surface area contributed by atoms with Gasteiger partial charge in [0.15, 0.2) is 0 Å². The van der Waals surface area contributed by atoms with E-state index in [4.69, 9.17) is 9.47 Å². The molecule has 2 rings (SSSR count). The van der Waals surface area contributed by atoms with Crippen molar-refractivity contribution in [3.63, 3.8) is 0 Å². The third-order valence-electron chi connectivity index (χ3n) is 4.79. The van der Waals surface area contributed by atoms with E-state index in [2.05, 4.69) is 5.32 Å². The molecule has 0 aromatic rings. The predicted octanol–water partition coefficient (Wildman–Crippen LogP) is 5.62. The smallest absolute Gasteiger partial charge is 0.369 e. The topological polar surface area (TPSA) is 30.5 Å². The lowest BCUT2D eigenvalue weighted by Gasteiger charge is -2.35. The van der Waals surface area contributed by atoms with Crippen LogP contribution in [-0.4, -0.2) is 49.9 Å².